The fraction of sp³-hybridized carbons (Fsp3) is 0.900. The zero-order chi connectivity index (χ0) is 10.4. The van der Waals surface area contributed by atoms with Crippen LogP contribution < -0.4 is 10.6 Å². The predicted molar refractivity (Wildman–Crippen MR) is 57.2 cm³/mol. The van der Waals surface area contributed by atoms with Crippen molar-refractivity contribution < 1.29 is 4.79 Å². The Hall–Kier alpha value is -0.610. The second-order valence-electron chi connectivity index (χ2n) is 3.78. The molecule has 0 aliphatic carbocycles. The summed E-state index contributed by atoms with van der Waals surface area (Å²) in [7, 11) is 1.69. The van der Waals surface area contributed by atoms with Crippen molar-refractivity contribution in [3.05, 3.63) is 0 Å². The maximum absolute atomic E-state index is 11.1. The summed E-state index contributed by atoms with van der Waals surface area (Å²) in [6, 6.07) is 0.654. The highest BCUT2D eigenvalue weighted by Crippen LogP contribution is 2.09. The van der Waals surface area contributed by atoms with Gasteiger partial charge >= 0.3 is 0 Å². The van der Waals surface area contributed by atoms with Gasteiger partial charge in [0.1, 0.15) is 0 Å². The zero-order valence-corrected chi connectivity index (χ0v) is 9.18. The molecule has 14 heavy (non-hydrogen) atoms. The van der Waals surface area contributed by atoms with Crippen molar-refractivity contribution in [3.8, 4) is 0 Å². The summed E-state index contributed by atoms with van der Waals surface area (Å²) < 4.78 is 0. The number of rotatable bonds is 4. The molecule has 0 aromatic carbocycles. The minimum Gasteiger partial charge on any atom is -0.358 e. The van der Waals surface area contributed by atoms with E-state index in [1.54, 1.807) is 7.05 Å². The molecular formula is C10H21N3O. The molecule has 1 aliphatic rings. The number of hydrogen-bond donors (Lipinski definition) is 2. The van der Waals surface area contributed by atoms with Gasteiger partial charge in [-0.25, -0.2) is 0 Å². The first-order chi connectivity index (χ1) is 6.76. The van der Waals surface area contributed by atoms with Gasteiger partial charge in [0.2, 0.25) is 5.91 Å². The van der Waals surface area contributed by atoms with Crippen LogP contribution in [0.3, 0.4) is 0 Å². The molecule has 1 rings (SSSR count). The summed E-state index contributed by atoms with van der Waals surface area (Å²) in [5.74, 6) is 0.118. The predicted octanol–water partition coefficient (Wildman–Crippen LogP) is -0.194. The number of nitrogens with zero attached hydrogens (tertiary/aromatic N) is 1. The van der Waals surface area contributed by atoms with E-state index in [-0.39, 0.29) is 5.91 Å². The summed E-state index contributed by atoms with van der Waals surface area (Å²) in [6.45, 7) is 5.79. The van der Waals surface area contributed by atoms with Crippen LogP contribution in [-0.2, 0) is 4.79 Å². The third kappa shape index (κ3) is 3.64. The van der Waals surface area contributed by atoms with E-state index in [0.717, 1.165) is 32.5 Å². The van der Waals surface area contributed by atoms with Crippen LogP contribution in [0.5, 0.6) is 0 Å². The Kier molecular flexibility index (Phi) is 4.90. The smallest absolute Gasteiger partial charge is 0.233 e. The molecule has 0 saturated carbocycles. The van der Waals surface area contributed by atoms with Crippen molar-refractivity contribution in [2.24, 2.45) is 0 Å². The van der Waals surface area contributed by atoms with Gasteiger partial charge in [0.25, 0.3) is 0 Å². The van der Waals surface area contributed by atoms with E-state index in [2.05, 4.69) is 22.5 Å². The molecule has 0 spiro atoms. The van der Waals surface area contributed by atoms with Crippen molar-refractivity contribution >= 4 is 5.91 Å². The monoisotopic (exact) mass is 199 g/mol. The lowest BCUT2D eigenvalue weighted by molar-refractivity contribution is -0.122. The molecule has 1 heterocycles. The maximum Gasteiger partial charge on any atom is 0.233 e. The van der Waals surface area contributed by atoms with Gasteiger partial charge in [-0.15, -0.1) is 0 Å². The van der Waals surface area contributed by atoms with Crippen molar-refractivity contribution in [3.63, 3.8) is 0 Å². The number of piperidine rings is 1. The van der Waals surface area contributed by atoms with Crippen LogP contribution in [0.4, 0.5) is 0 Å². The summed E-state index contributed by atoms with van der Waals surface area (Å²) in [6.07, 6.45) is 2.32. The molecule has 0 aromatic heterocycles. The summed E-state index contributed by atoms with van der Waals surface area (Å²) in [5, 5.41) is 6.10. The van der Waals surface area contributed by atoms with Crippen LogP contribution in [0.15, 0.2) is 0 Å². The molecule has 1 aliphatic heterocycles. The van der Waals surface area contributed by atoms with Gasteiger partial charge in [0.15, 0.2) is 0 Å². The van der Waals surface area contributed by atoms with Crippen LogP contribution in [0.1, 0.15) is 19.8 Å². The van der Waals surface area contributed by atoms with E-state index in [1.807, 2.05) is 0 Å². The zero-order valence-electron chi connectivity index (χ0n) is 9.18. The summed E-state index contributed by atoms with van der Waals surface area (Å²) in [5.41, 5.74) is 0. The number of nitrogens with one attached hydrogen (secondary N) is 2. The number of hydrogen-bond acceptors (Lipinski definition) is 3. The molecule has 0 radical (unpaired) electrons. The Morgan fingerprint density at radius 1 is 1.43 bits per heavy atom. The van der Waals surface area contributed by atoms with Crippen molar-refractivity contribution in [1.29, 1.82) is 0 Å². The lowest BCUT2D eigenvalue weighted by Gasteiger charge is -2.31. The quantitative estimate of drug-likeness (QED) is 0.659. The van der Waals surface area contributed by atoms with Gasteiger partial charge in [-0.05, 0) is 19.4 Å². The Morgan fingerprint density at radius 2 is 2.07 bits per heavy atom. The fourth-order valence-corrected chi connectivity index (χ4v) is 1.87. The lowest BCUT2D eigenvalue weighted by atomic mass is 10.1. The molecule has 2 N–H and O–H groups in total. The van der Waals surface area contributed by atoms with E-state index >= 15 is 0 Å². The van der Waals surface area contributed by atoms with Crippen LogP contribution in [0.25, 0.3) is 0 Å². The lowest BCUT2D eigenvalue weighted by Crippen LogP contribution is -2.45. The largest absolute Gasteiger partial charge is 0.358 e. The first kappa shape index (κ1) is 11.5. The number of likely N-dealkylation sites (tertiary alicyclic amines) is 1. The molecule has 1 fully saturated rings. The van der Waals surface area contributed by atoms with Crippen LogP contribution in [0, 0.1) is 0 Å². The normalized spacial score (nSPS) is 19.6. The highest BCUT2D eigenvalue weighted by Gasteiger charge is 2.19. The van der Waals surface area contributed by atoms with Gasteiger partial charge < -0.3 is 10.6 Å². The topological polar surface area (TPSA) is 44.4 Å². The molecule has 4 heteroatoms. The molecule has 0 atom stereocenters. The fourth-order valence-electron chi connectivity index (χ4n) is 1.87. The standard InChI is InChI=1S/C10H21N3O/c1-3-12-9-4-6-13(7-5-9)8-10(14)11-2/h9,12H,3-8H2,1-2H3,(H,11,14). The van der Waals surface area contributed by atoms with Gasteiger partial charge in [-0.1, -0.05) is 6.92 Å². The SMILES string of the molecule is CCNC1CCN(CC(=O)NC)CC1. The molecule has 1 amide bonds. The highest BCUT2D eigenvalue weighted by atomic mass is 16.1. The second kappa shape index (κ2) is 5.98. The summed E-state index contributed by atoms with van der Waals surface area (Å²) >= 11 is 0. The first-order valence-corrected chi connectivity index (χ1v) is 5.42. The second-order valence-corrected chi connectivity index (χ2v) is 3.78. The average Bonchev–Trinajstić information content (AvgIpc) is 2.21. The first-order valence-electron chi connectivity index (χ1n) is 5.42. The maximum atomic E-state index is 11.1. The average molecular weight is 199 g/mol. The summed E-state index contributed by atoms with van der Waals surface area (Å²) in [4.78, 5) is 13.3. The van der Waals surface area contributed by atoms with Gasteiger partial charge in [0.05, 0.1) is 6.54 Å². The van der Waals surface area contributed by atoms with E-state index in [1.165, 1.54) is 0 Å². The number of amides is 1. The molecule has 0 aromatic rings. The highest BCUT2D eigenvalue weighted by molar-refractivity contribution is 5.77. The Morgan fingerprint density at radius 3 is 2.57 bits per heavy atom. The Balaban J connectivity index is 2.18. The van der Waals surface area contributed by atoms with Crippen molar-refractivity contribution in [2.45, 2.75) is 25.8 Å². The number of likely N-dealkylation sites (N-methyl/N-ethyl adjacent to an activating group) is 1. The van der Waals surface area contributed by atoms with Gasteiger partial charge in [0, 0.05) is 26.2 Å². The molecule has 0 unspecified atom stereocenters. The van der Waals surface area contributed by atoms with Gasteiger partial charge in [-0.2, -0.15) is 0 Å². The van der Waals surface area contributed by atoms with E-state index in [4.69, 9.17) is 0 Å². The van der Waals surface area contributed by atoms with Crippen LogP contribution in [0.2, 0.25) is 0 Å². The molecular weight excluding hydrogens is 178 g/mol. The van der Waals surface area contributed by atoms with E-state index < -0.39 is 0 Å². The Bertz CT molecular complexity index is 176. The molecule has 82 valence electrons. The number of carbonyl (C=O) groups is 1. The third-order valence-corrected chi connectivity index (χ3v) is 2.73. The third-order valence-electron chi connectivity index (χ3n) is 2.73. The van der Waals surface area contributed by atoms with Gasteiger partial charge in [-0.3, -0.25) is 9.69 Å². The molecule has 0 bridgehead atoms. The van der Waals surface area contributed by atoms with Crippen molar-refractivity contribution in [2.75, 3.05) is 33.2 Å². The number of carbonyl (C=O) groups excluding carboxylic acids is 1. The minimum absolute atomic E-state index is 0.118. The molecule has 4 nitrogen and oxygen atoms in total. The van der Waals surface area contributed by atoms with Crippen molar-refractivity contribution in [1.82, 2.24) is 15.5 Å². The van der Waals surface area contributed by atoms with Crippen LogP contribution in [-0.4, -0.2) is 50.1 Å². The molecule has 1 saturated heterocycles. The Labute approximate surface area is 86.0 Å². The minimum atomic E-state index is 0.118. The van der Waals surface area contributed by atoms with E-state index in [0.29, 0.717) is 12.6 Å². The van der Waals surface area contributed by atoms with E-state index in [9.17, 15) is 4.79 Å². The van der Waals surface area contributed by atoms with Crippen LogP contribution >= 0.6 is 0 Å².